The van der Waals surface area contributed by atoms with E-state index in [4.69, 9.17) is 9.47 Å². The van der Waals surface area contributed by atoms with Crippen LogP contribution in [0.4, 0.5) is 0 Å². The summed E-state index contributed by atoms with van der Waals surface area (Å²) >= 11 is 0. The Morgan fingerprint density at radius 1 is 1.00 bits per heavy atom. The Kier molecular flexibility index (Phi) is 6.70. The van der Waals surface area contributed by atoms with Gasteiger partial charge in [0.05, 0.1) is 12.0 Å². The highest BCUT2D eigenvalue weighted by molar-refractivity contribution is 6.01. The van der Waals surface area contributed by atoms with Crippen molar-refractivity contribution in [1.82, 2.24) is 10.2 Å². The lowest BCUT2D eigenvalue weighted by Gasteiger charge is -2.42. The van der Waals surface area contributed by atoms with Gasteiger partial charge >= 0.3 is 0 Å². The Labute approximate surface area is 205 Å². The maximum absolute atomic E-state index is 13.7. The van der Waals surface area contributed by atoms with Gasteiger partial charge in [-0.2, -0.15) is 0 Å². The fraction of sp³-hybridized carbons (Fsp3) is 0.310. The highest BCUT2D eigenvalue weighted by Crippen LogP contribution is 2.45. The van der Waals surface area contributed by atoms with E-state index in [0.717, 1.165) is 30.4 Å². The molecule has 2 aliphatic rings. The summed E-state index contributed by atoms with van der Waals surface area (Å²) in [7, 11) is 0. The second-order valence-corrected chi connectivity index (χ2v) is 9.00. The van der Waals surface area contributed by atoms with Gasteiger partial charge in [0.25, 0.3) is 5.91 Å². The molecule has 3 aromatic rings. The first-order valence-electron chi connectivity index (χ1n) is 12.3. The van der Waals surface area contributed by atoms with Crippen LogP contribution in [0.5, 0.6) is 11.5 Å². The van der Waals surface area contributed by atoms with Gasteiger partial charge in [-0.3, -0.25) is 9.59 Å². The van der Waals surface area contributed by atoms with E-state index in [9.17, 15) is 9.59 Å². The van der Waals surface area contributed by atoms with Gasteiger partial charge in [0.1, 0.15) is 0 Å². The lowest BCUT2D eigenvalue weighted by molar-refractivity contribution is -0.124. The van der Waals surface area contributed by atoms with Gasteiger partial charge in [-0.1, -0.05) is 61.5 Å². The normalized spacial score (nSPS) is 18.3. The van der Waals surface area contributed by atoms with Gasteiger partial charge in [0.15, 0.2) is 11.5 Å². The van der Waals surface area contributed by atoms with Crippen molar-refractivity contribution in [3.05, 3.63) is 95.1 Å². The number of aryl methyl sites for hydroxylation is 1. The molecule has 0 bridgehead atoms. The topological polar surface area (TPSA) is 67.9 Å². The molecule has 180 valence electrons. The SMILES string of the molecule is CCCN1C(=O)c2ccccc2[C@H](C(=O)NCCCc2ccccc2)[C@@H]1c1ccc2c(c1)OCO2. The zero-order valence-electron chi connectivity index (χ0n) is 19.9. The summed E-state index contributed by atoms with van der Waals surface area (Å²) in [4.78, 5) is 29.1. The van der Waals surface area contributed by atoms with Crippen molar-refractivity contribution < 1.29 is 19.1 Å². The predicted molar refractivity (Wildman–Crippen MR) is 134 cm³/mol. The van der Waals surface area contributed by atoms with E-state index < -0.39 is 12.0 Å². The molecule has 0 unspecified atom stereocenters. The van der Waals surface area contributed by atoms with E-state index in [2.05, 4.69) is 17.4 Å². The molecule has 0 saturated heterocycles. The molecule has 6 nitrogen and oxygen atoms in total. The molecule has 2 atom stereocenters. The molecule has 5 rings (SSSR count). The Morgan fingerprint density at radius 2 is 1.77 bits per heavy atom. The second-order valence-electron chi connectivity index (χ2n) is 9.00. The molecule has 0 fully saturated rings. The van der Waals surface area contributed by atoms with E-state index >= 15 is 0 Å². The third kappa shape index (κ3) is 4.61. The first kappa shape index (κ1) is 23.0. The van der Waals surface area contributed by atoms with E-state index in [1.54, 1.807) is 0 Å². The van der Waals surface area contributed by atoms with Crippen molar-refractivity contribution in [2.24, 2.45) is 0 Å². The van der Waals surface area contributed by atoms with Crippen LogP contribution in [0, 0.1) is 0 Å². The van der Waals surface area contributed by atoms with Crippen molar-refractivity contribution in [1.29, 1.82) is 0 Å². The van der Waals surface area contributed by atoms with Crippen LogP contribution in [0.1, 0.15) is 58.8 Å². The van der Waals surface area contributed by atoms with Crippen LogP contribution >= 0.6 is 0 Å². The molecular weight excluding hydrogens is 440 g/mol. The number of hydrogen-bond donors (Lipinski definition) is 1. The smallest absolute Gasteiger partial charge is 0.254 e. The molecule has 0 aliphatic carbocycles. The number of amides is 2. The molecule has 1 N–H and O–H groups in total. The lowest BCUT2D eigenvalue weighted by atomic mass is 9.79. The van der Waals surface area contributed by atoms with Crippen LogP contribution in [0.25, 0.3) is 0 Å². The van der Waals surface area contributed by atoms with Crippen molar-refractivity contribution in [3.8, 4) is 11.5 Å². The van der Waals surface area contributed by atoms with Crippen LogP contribution in [-0.4, -0.2) is 36.6 Å². The standard InChI is InChI=1S/C29H30N2O4/c1-2-17-31-27(21-14-15-24-25(18-21)35-19-34-24)26(22-12-6-7-13-23(22)29(31)33)28(32)30-16-8-11-20-9-4-3-5-10-20/h3-7,9-10,12-15,18,26-27H,2,8,11,16-17,19H2,1H3,(H,30,32)/t26-,27-/m0/s1. The average Bonchev–Trinajstić information content (AvgIpc) is 3.36. The fourth-order valence-corrected chi connectivity index (χ4v) is 5.09. The third-order valence-electron chi connectivity index (χ3n) is 6.71. The molecule has 6 heteroatoms. The lowest BCUT2D eigenvalue weighted by Crippen LogP contribution is -2.47. The average molecular weight is 471 g/mol. The maximum Gasteiger partial charge on any atom is 0.254 e. The minimum Gasteiger partial charge on any atom is -0.454 e. The Bertz CT molecular complexity index is 1210. The first-order chi connectivity index (χ1) is 17.2. The molecule has 35 heavy (non-hydrogen) atoms. The largest absolute Gasteiger partial charge is 0.454 e. The molecular formula is C29H30N2O4. The Hall–Kier alpha value is -3.80. The van der Waals surface area contributed by atoms with Gasteiger partial charge in [0, 0.05) is 18.7 Å². The second kappa shape index (κ2) is 10.2. The number of rotatable bonds is 8. The van der Waals surface area contributed by atoms with Crippen LogP contribution in [-0.2, 0) is 11.2 Å². The zero-order chi connectivity index (χ0) is 24.2. The summed E-state index contributed by atoms with van der Waals surface area (Å²) in [6.07, 6.45) is 2.53. The third-order valence-corrected chi connectivity index (χ3v) is 6.71. The molecule has 0 aromatic heterocycles. The van der Waals surface area contributed by atoms with E-state index in [1.807, 2.05) is 72.5 Å². The summed E-state index contributed by atoms with van der Waals surface area (Å²) < 4.78 is 11.1. The minimum atomic E-state index is -0.521. The van der Waals surface area contributed by atoms with Crippen LogP contribution in [0.15, 0.2) is 72.8 Å². The van der Waals surface area contributed by atoms with Crippen LogP contribution in [0.2, 0.25) is 0 Å². The number of fused-ring (bicyclic) bond motifs is 2. The number of nitrogens with zero attached hydrogens (tertiary/aromatic N) is 1. The number of carbonyl (C=O) groups is 2. The molecule has 2 amide bonds. The highest BCUT2D eigenvalue weighted by Gasteiger charge is 2.44. The summed E-state index contributed by atoms with van der Waals surface area (Å²) in [6.45, 7) is 3.35. The molecule has 0 spiro atoms. The summed E-state index contributed by atoms with van der Waals surface area (Å²) in [5, 5.41) is 3.16. The van der Waals surface area contributed by atoms with Gasteiger partial charge in [-0.15, -0.1) is 0 Å². The van der Waals surface area contributed by atoms with E-state index in [-0.39, 0.29) is 18.6 Å². The maximum atomic E-state index is 13.7. The minimum absolute atomic E-state index is 0.0433. The zero-order valence-corrected chi connectivity index (χ0v) is 19.9. The number of carbonyl (C=O) groups excluding carboxylic acids is 2. The van der Waals surface area contributed by atoms with Crippen molar-refractivity contribution in [3.63, 3.8) is 0 Å². The summed E-state index contributed by atoms with van der Waals surface area (Å²) in [5.41, 5.74) is 3.49. The fourth-order valence-electron chi connectivity index (χ4n) is 5.09. The van der Waals surface area contributed by atoms with Gasteiger partial charge in [-0.25, -0.2) is 0 Å². The van der Waals surface area contributed by atoms with Crippen molar-refractivity contribution in [2.75, 3.05) is 19.9 Å². The first-order valence-corrected chi connectivity index (χ1v) is 12.3. The van der Waals surface area contributed by atoms with E-state index in [1.165, 1.54) is 5.56 Å². The molecule has 0 radical (unpaired) electrons. The molecule has 0 saturated carbocycles. The van der Waals surface area contributed by atoms with Gasteiger partial charge in [-0.05, 0) is 54.2 Å². The monoisotopic (exact) mass is 470 g/mol. The number of nitrogens with one attached hydrogen (secondary N) is 1. The van der Waals surface area contributed by atoms with Gasteiger partial charge < -0.3 is 19.7 Å². The van der Waals surface area contributed by atoms with Crippen LogP contribution < -0.4 is 14.8 Å². The molecule has 3 aromatic carbocycles. The van der Waals surface area contributed by atoms with Crippen molar-refractivity contribution >= 4 is 11.8 Å². The van der Waals surface area contributed by atoms with Crippen LogP contribution in [0.3, 0.4) is 0 Å². The molecule has 2 aliphatic heterocycles. The Balaban J connectivity index is 1.45. The Morgan fingerprint density at radius 3 is 2.60 bits per heavy atom. The number of ether oxygens (including phenoxy) is 2. The number of hydrogen-bond acceptors (Lipinski definition) is 4. The number of benzene rings is 3. The molecule has 2 heterocycles. The highest BCUT2D eigenvalue weighted by atomic mass is 16.7. The summed E-state index contributed by atoms with van der Waals surface area (Å²) in [5.74, 6) is 0.695. The van der Waals surface area contributed by atoms with Gasteiger partial charge in [0.2, 0.25) is 12.7 Å². The van der Waals surface area contributed by atoms with E-state index in [0.29, 0.717) is 30.2 Å². The quantitative estimate of drug-likeness (QED) is 0.478. The predicted octanol–water partition coefficient (Wildman–Crippen LogP) is 4.86. The van der Waals surface area contributed by atoms with Crippen molar-refractivity contribution in [2.45, 2.75) is 38.1 Å². The summed E-state index contributed by atoms with van der Waals surface area (Å²) in [6, 6.07) is 23.0.